The number of H-pyrrole nitrogens is 1. The third kappa shape index (κ3) is 2.93. The Bertz CT molecular complexity index is 636. The van der Waals surface area contributed by atoms with E-state index in [-0.39, 0.29) is 5.41 Å². The molecule has 0 bridgehead atoms. The summed E-state index contributed by atoms with van der Waals surface area (Å²) in [5.41, 5.74) is 6.23. The molecule has 104 valence electrons. The molecule has 1 heterocycles. The first-order chi connectivity index (χ1) is 9.45. The third-order valence-corrected chi connectivity index (χ3v) is 3.59. The second kappa shape index (κ2) is 5.54. The Kier molecular flexibility index (Phi) is 3.99. The fourth-order valence-corrected chi connectivity index (χ4v) is 2.26. The Morgan fingerprint density at radius 2 is 1.95 bits per heavy atom. The highest BCUT2D eigenvalue weighted by Gasteiger charge is 2.15. The first-order valence-corrected chi connectivity index (χ1v) is 7.04. The maximum absolute atomic E-state index is 3.87. The molecule has 0 amide bonds. The van der Waals surface area contributed by atoms with Crippen molar-refractivity contribution in [2.75, 3.05) is 0 Å². The van der Waals surface area contributed by atoms with Gasteiger partial charge in [0.1, 0.15) is 0 Å². The van der Waals surface area contributed by atoms with Crippen LogP contribution in [0.25, 0.3) is 16.8 Å². The number of hydrogen-bond donors (Lipinski definition) is 1. The zero-order valence-electron chi connectivity index (χ0n) is 12.8. The zero-order valence-corrected chi connectivity index (χ0v) is 12.8. The predicted octanol–water partition coefficient (Wildman–Crippen LogP) is 5.57. The molecule has 1 heteroatoms. The van der Waals surface area contributed by atoms with Gasteiger partial charge in [0.15, 0.2) is 0 Å². The molecule has 20 heavy (non-hydrogen) atoms. The van der Waals surface area contributed by atoms with E-state index in [4.69, 9.17) is 0 Å². The van der Waals surface area contributed by atoms with E-state index in [1.54, 1.807) is 0 Å². The lowest BCUT2D eigenvalue weighted by molar-refractivity contribution is 0.591. The summed E-state index contributed by atoms with van der Waals surface area (Å²) in [6.45, 7) is 12.6. The lowest BCUT2D eigenvalue weighted by Gasteiger charge is -2.15. The van der Waals surface area contributed by atoms with Crippen LogP contribution in [0.4, 0.5) is 0 Å². The quantitative estimate of drug-likeness (QED) is 0.698. The number of aromatic nitrogens is 1. The minimum atomic E-state index is 0.169. The molecule has 0 spiro atoms. The van der Waals surface area contributed by atoms with Crippen molar-refractivity contribution in [3.8, 4) is 11.3 Å². The van der Waals surface area contributed by atoms with Gasteiger partial charge in [-0.1, -0.05) is 57.7 Å². The Morgan fingerprint density at radius 3 is 2.50 bits per heavy atom. The van der Waals surface area contributed by atoms with Gasteiger partial charge in [-0.05, 0) is 46.7 Å². The van der Waals surface area contributed by atoms with Gasteiger partial charge in [-0.2, -0.15) is 0 Å². The van der Waals surface area contributed by atoms with Crippen LogP contribution in [0.2, 0.25) is 0 Å². The van der Waals surface area contributed by atoms with Crippen molar-refractivity contribution in [3.63, 3.8) is 0 Å². The molecular formula is C19H23N. The van der Waals surface area contributed by atoms with Crippen molar-refractivity contribution in [1.82, 2.24) is 4.98 Å². The van der Waals surface area contributed by atoms with Crippen LogP contribution in [-0.4, -0.2) is 4.98 Å². The average molecular weight is 265 g/mol. The largest absolute Gasteiger partial charge is 0.361 e. The molecule has 0 saturated carbocycles. The molecule has 2 aromatic rings. The van der Waals surface area contributed by atoms with E-state index in [9.17, 15) is 0 Å². The van der Waals surface area contributed by atoms with E-state index < -0.39 is 0 Å². The van der Waals surface area contributed by atoms with Gasteiger partial charge in [0.05, 0.1) is 0 Å². The molecule has 0 aliphatic heterocycles. The number of nitrogens with one attached hydrogen (secondary N) is 1. The number of rotatable bonds is 3. The zero-order chi connectivity index (χ0) is 14.8. The van der Waals surface area contributed by atoms with Gasteiger partial charge in [0.2, 0.25) is 0 Å². The topological polar surface area (TPSA) is 15.8 Å². The fourth-order valence-electron chi connectivity index (χ4n) is 2.26. The number of allylic oxidation sites excluding steroid dienone is 3. The third-order valence-electron chi connectivity index (χ3n) is 3.59. The maximum atomic E-state index is 3.87. The number of aromatic amines is 1. The minimum absolute atomic E-state index is 0.169. The van der Waals surface area contributed by atoms with Gasteiger partial charge in [0, 0.05) is 11.9 Å². The lowest BCUT2D eigenvalue weighted by atomic mass is 9.89. The number of hydrogen-bond acceptors (Lipinski definition) is 0. The first kappa shape index (κ1) is 14.4. The summed E-state index contributed by atoms with van der Waals surface area (Å²) >= 11 is 0. The van der Waals surface area contributed by atoms with Crippen LogP contribution in [0.15, 0.2) is 55.3 Å². The molecule has 0 aliphatic carbocycles. The second-order valence-corrected chi connectivity index (χ2v) is 6.08. The van der Waals surface area contributed by atoms with E-state index in [0.29, 0.717) is 0 Å². The van der Waals surface area contributed by atoms with Gasteiger partial charge in [-0.25, -0.2) is 0 Å². The van der Waals surface area contributed by atoms with Gasteiger partial charge in [-0.15, -0.1) is 0 Å². The summed E-state index contributed by atoms with van der Waals surface area (Å²) in [7, 11) is 0. The van der Waals surface area contributed by atoms with Gasteiger partial charge < -0.3 is 4.98 Å². The van der Waals surface area contributed by atoms with Crippen LogP contribution in [0.1, 0.15) is 38.8 Å². The van der Waals surface area contributed by atoms with Crippen LogP contribution in [0, 0.1) is 0 Å². The molecule has 0 unspecified atom stereocenters. The monoisotopic (exact) mass is 265 g/mol. The summed E-state index contributed by atoms with van der Waals surface area (Å²) in [5, 5.41) is 0. The summed E-state index contributed by atoms with van der Waals surface area (Å²) in [6.07, 6.45) is 6.09. The molecule has 0 saturated heterocycles. The van der Waals surface area contributed by atoms with Crippen LogP contribution in [0.5, 0.6) is 0 Å². The van der Waals surface area contributed by atoms with Crippen molar-refractivity contribution in [3.05, 3.63) is 66.4 Å². The van der Waals surface area contributed by atoms with E-state index in [2.05, 4.69) is 74.9 Å². The minimum Gasteiger partial charge on any atom is -0.361 e. The molecule has 1 nitrogen and oxygen atoms in total. The second-order valence-electron chi connectivity index (χ2n) is 6.08. The Hall–Kier alpha value is -2.02. The van der Waals surface area contributed by atoms with Crippen LogP contribution >= 0.6 is 0 Å². The molecule has 1 aromatic carbocycles. The van der Waals surface area contributed by atoms with Crippen LogP contribution in [-0.2, 0) is 5.41 Å². The highest BCUT2D eigenvalue weighted by Crippen LogP contribution is 2.28. The van der Waals surface area contributed by atoms with Crippen molar-refractivity contribution in [2.45, 2.75) is 33.1 Å². The normalized spacial score (nSPS) is 12.5. The SMILES string of the molecule is C=C/C(=C\C)c1cccc(-c2cc(C(C)(C)C)c[nH]2)c1. The fraction of sp³-hybridized carbons (Fsp3) is 0.263. The molecule has 1 aromatic heterocycles. The van der Waals surface area contributed by atoms with Crippen molar-refractivity contribution in [2.24, 2.45) is 0 Å². The molecular weight excluding hydrogens is 242 g/mol. The maximum Gasteiger partial charge on any atom is 0.0457 e. The average Bonchev–Trinajstić information content (AvgIpc) is 2.90. The summed E-state index contributed by atoms with van der Waals surface area (Å²) in [5.74, 6) is 0. The number of benzene rings is 1. The molecule has 2 rings (SSSR count). The van der Waals surface area contributed by atoms with Crippen molar-refractivity contribution >= 4 is 5.57 Å². The molecule has 1 N–H and O–H groups in total. The lowest BCUT2D eigenvalue weighted by Crippen LogP contribution is -2.09. The van der Waals surface area contributed by atoms with E-state index in [1.807, 2.05) is 13.0 Å². The smallest absolute Gasteiger partial charge is 0.0457 e. The summed E-state index contributed by atoms with van der Waals surface area (Å²) in [6, 6.07) is 10.8. The molecule has 0 radical (unpaired) electrons. The van der Waals surface area contributed by atoms with Gasteiger partial charge in [0.25, 0.3) is 0 Å². The molecule has 0 fully saturated rings. The molecule has 0 aliphatic rings. The standard InChI is InChI=1S/C19H23N/c1-6-14(7-2)15-9-8-10-16(11-15)18-12-17(13-20-18)19(3,4)5/h6-13,20H,1H2,2-5H3/b14-7+. The Labute approximate surface area is 122 Å². The van der Waals surface area contributed by atoms with Gasteiger partial charge in [-0.3, -0.25) is 0 Å². The van der Waals surface area contributed by atoms with Crippen molar-refractivity contribution < 1.29 is 0 Å². The van der Waals surface area contributed by atoms with Gasteiger partial charge >= 0.3 is 0 Å². The van der Waals surface area contributed by atoms with E-state index in [0.717, 1.165) is 11.3 Å². The van der Waals surface area contributed by atoms with Crippen molar-refractivity contribution in [1.29, 1.82) is 0 Å². The highest BCUT2D eigenvalue weighted by atomic mass is 14.7. The van der Waals surface area contributed by atoms with Crippen LogP contribution < -0.4 is 0 Å². The van der Waals surface area contributed by atoms with E-state index >= 15 is 0 Å². The summed E-state index contributed by atoms with van der Waals surface area (Å²) in [4.78, 5) is 3.39. The van der Waals surface area contributed by atoms with Crippen LogP contribution in [0.3, 0.4) is 0 Å². The highest BCUT2D eigenvalue weighted by molar-refractivity contribution is 5.76. The van der Waals surface area contributed by atoms with E-state index in [1.165, 1.54) is 16.7 Å². The molecule has 0 atom stereocenters. The first-order valence-electron chi connectivity index (χ1n) is 7.04. The predicted molar refractivity (Wildman–Crippen MR) is 88.8 cm³/mol. The summed E-state index contributed by atoms with van der Waals surface area (Å²) < 4.78 is 0. The Morgan fingerprint density at radius 1 is 1.20 bits per heavy atom. The Balaban J connectivity index is 2.41.